The third-order valence-electron chi connectivity index (χ3n) is 19.2. The molecule has 0 radical (unpaired) electrons. The summed E-state index contributed by atoms with van der Waals surface area (Å²) in [5.74, 6) is 0.175. The van der Waals surface area contributed by atoms with Crippen LogP contribution in [0.25, 0.3) is 0 Å². The minimum absolute atomic E-state index is 0.105. The number of rotatable bonds is 79. The molecule has 0 rings (SSSR count). The Balaban J connectivity index is 5.23. The molecule has 3 unspecified atom stereocenters. The highest BCUT2D eigenvalue weighted by Crippen LogP contribution is 2.45. The van der Waals surface area contributed by atoms with Crippen LogP contribution in [-0.2, 0) is 65.4 Å². The topological polar surface area (TPSA) is 237 Å². The van der Waals surface area contributed by atoms with Crippen molar-refractivity contribution in [3.05, 3.63) is 0 Å². The fraction of sp³-hybridized carbons (Fsp3) is 0.951. The van der Waals surface area contributed by atoms with Crippen LogP contribution < -0.4 is 0 Å². The minimum Gasteiger partial charge on any atom is -0.462 e. The second kappa shape index (κ2) is 71.3. The van der Waals surface area contributed by atoms with Gasteiger partial charge in [-0.05, 0) is 43.4 Å². The molecule has 594 valence electrons. The molecular formula is C81H158O17P2. The molecule has 100 heavy (non-hydrogen) atoms. The van der Waals surface area contributed by atoms with E-state index in [-0.39, 0.29) is 25.7 Å². The van der Waals surface area contributed by atoms with Crippen LogP contribution in [-0.4, -0.2) is 96.7 Å². The summed E-state index contributed by atoms with van der Waals surface area (Å²) in [6.07, 6.45) is 59.8. The van der Waals surface area contributed by atoms with Crippen LogP contribution in [0.4, 0.5) is 0 Å². The molecule has 17 nitrogen and oxygen atoms in total. The van der Waals surface area contributed by atoms with E-state index < -0.39 is 97.5 Å². The number of esters is 4. The van der Waals surface area contributed by atoms with Gasteiger partial charge in [0.25, 0.3) is 0 Å². The fourth-order valence-electron chi connectivity index (χ4n) is 12.5. The van der Waals surface area contributed by atoms with E-state index in [9.17, 15) is 43.2 Å². The Labute approximate surface area is 613 Å². The number of ether oxygens (including phenoxy) is 4. The molecule has 6 atom stereocenters. The zero-order chi connectivity index (χ0) is 73.7. The average molecular weight is 1470 g/mol. The van der Waals surface area contributed by atoms with Gasteiger partial charge in [0.2, 0.25) is 0 Å². The molecule has 0 amide bonds. The van der Waals surface area contributed by atoms with Crippen LogP contribution in [0.2, 0.25) is 0 Å². The molecule has 3 N–H and O–H groups in total. The van der Waals surface area contributed by atoms with Crippen molar-refractivity contribution in [2.24, 2.45) is 17.8 Å². The fourth-order valence-corrected chi connectivity index (χ4v) is 14.0. The highest BCUT2D eigenvalue weighted by Gasteiger charge is 2.30. The van der Waals surface area contributed by atoms with Gasteiger partial charge in [-0.1, -0.05) is 370 Å². The first-order valence-corrected chi connectivity index (χ1v) is 44.9. The summed E-state index contributed by atoms with van der Waals surface area (Å²) in [4.78, 5) is 73.0. The molecule has 0 saturated carbocycles. The first-order chi connectivity index (χ1) is 48.3. The lowest BCUT2D eigenvalue weighted by Gasteiger charge is -2.21. The van der Waals surface area contributed by atoms with Gasteiger partial charge in [0.15, 0.2) is 12.2 Å². The van der Waals surface area contributed by atoms with E-state index in [0.29, 0.717) is 31.6 Å². The maximum Gasteiger partial charge on any atom is 0.472 e. The zero-order valence-electron chi connectivity index (χ0n) is 65.7. The monoisotopic (exact) mass is 1470 g/mol. The van der Waals surface area contributed by atoms with Crippen molar-refractivity contribution in [2.45, 2.75) is 439 Å². The quantitative estimate of drug-likeness (QED) is 0.0222. The Morgan fingerprint density at radius 3 is 0.760 bits per heavy atom. The maximum atomic E-state index is 13.1. The van der Waals surface area contributed by atoms with Crippen molar-refractivity contribution in [2.75, 3.05) is 39.6 Å². The summed E-state index contributed by atoms with van der Waals surface area (Å²) in [6, 6.07) is 0. The van der Waals surface area contributed by atoms with E-state index in [1.54, 1.807) is 0 Å². The first-order valence-electron chi connectivity index (χ1n) is 41.9. The van der Waals surface area contributed by atoms with Crippen LogP contribution in [0.1, 0.15) is 421 Å². The van der Waals surface area contributed by atoms with Crippen molar-refractivity contribution >= 4 is 39.5 Å². The van der Waals surface area contributed by atoms with E-state index in [0.717, 1.165) is 108 Å². The van der Waals surface area contributed by atoms with Crippen LogP contribution in [0.3, 0.4) is 0 Å². The summed E-state index contributed by atoms with van der Waals surface area (Å²) in [5.41, 5.74) is 0. The zero-order valence-corrected chi connectivity index (χ0v) is 67.5. The van der Waals surface area contributed by atoms with Gasteiger partial charge in [-0.25, -0.2) is 9.13 Å². The van der Waals surface area contributed by atoms with Gasteiger partial charge in [-0.3, -0.25) is 37.3 Å². The van der Waals surface area contributed by atoms with Crippen LogP contribution in [0.5, 0.6) is 0 Å². The smallest absolute Gasteiger partial charge is 0.462 e. The number of carbonyl (C=O) groups is 4. The summed E-state index contributed by atoms with van der Waals surface area (Å²) < 4.78 is 68.7. The van der Waals surface area contributed by atoms with Gasteiger partial charge in [0.05, 0.1) is 26.4 Å². The number of unbranched alkanes of at least 4 members (excludes halogenated alkanes) is 46. The molecular weight excluding hydrogens is 1310 g/mol. The van der Waals surface area contributed by atoms with Gasteiger partial charge in [-0.15, -0.1) is 0 Å². The molecule has 19 heteroatoms. The van der Waals surface area contributed by atoms with Crippen molar-refractivity contribution in [1.29, 1.82) is 0 Å². The SMILES string of the molecule is CCCCCCCCCCCCCCCCCCCCCC(=O)O[C@H](COC(=O)CCCCCCCCCCCCCCCCCC(C)C)COP(=O)(O)OC[C@@H](O)COP(=O)(O)OC[C@@H](COC(=O)CCCCCCCCC(C)C)OC(=O)CCCCCCCCCCCCC(C)CC. The van der Waals surface area contributed by atoms with Gasteiger partial charge >= 0.3 is 39.5 Å². The van der Waals surface area contributed by atoms with E-state index in [1.165, 1.54) is 225 Å². The first kappa shape index (κ1) is 98.1. The van der Waals surface area contributed by atoms with Gasteiger partial charge in [0, 0.05) is 25.7 Å². The summed E-state index contributed by atoms with van der Waals surface area (Å²) in [6.45, 7) is 11.9. The van der Waals surface area contributed by atoms with Crippen LogP contribution in [0.15, 0.2) is 0 Å². The molecule has 0 heterocycles. The molecule has 0 aliphatic rings. The molecule has 0 aromatic rings. The Morgan fingerprint density at radius 1 is 0.290 bits per heavy atom. The standard InChI is InChI=1S/C81H158O17P2/c1-8-10-11-12-13-14-15-16-17-18-19-20-23-27-30-36-41-50-57-64-80(85)97-76(68-91-78(83)62-55-48-40-35-29-26-24-21-22-25-28-33-38-45-52-59-72(3)4)70-95-99(87,88)93-66-75(82)67-94-100(89,90)96-71-77(69-92-79(84)63-56-49-44-43-46-53-60-73(5)6)98-81(86)65-58-51-42-37-32-31-34-39-47-54-61-74(7)9-2/h72-77,82H,8-71H2,1-7H3,(H,87,88)(H,89,90)/t74?,75-,76-,77-/m1/s1. The number of carbonyl (C=O) groups excluding carboxylic acids is 4. The Bertz CT molecular complexity index is 1940. The summed E-state index contributed by atoms with van der Waals surface area (Å²) >= 11 is 0. The lowest BCUT2D eigenvalue weighted by molar-refractivity contribution is -0.161. The number of phosphoric acid groups is 2. The molecule has 0 spiro atoms. The van der Waals surface area contributed by atoms with Crippen molar-refractivity contribution in [1.82, 2.24) is 0 Å². The number of hydrogen-bond acceptors (Lipinski definition) is 15. The van der Waals surface area contributed by atoms with Crippen LogP contribution in [0, 0.1) is 17.8 Å². The molecule has 0 aliphatic carbocycles. The second-order valence-corrected chi connectivity index (χ2v) is 33.3. The largest absolute Gasteiger partial charge is 0.472 e. The van der Waals surface area contributed by atoms with Crippen molar-refractivity contribution in [3.8, 4) is 0 Å². The average Bonchev–Trinajstić information content (AvgIpc) is 0.913. The normalized spacial score (nSPS) is 14.2. The Hall–Kier alpha value is -1.94. The van der Waals surface area contributed by atoms with E-state index in [2.05, 4.69) is 48.5 Å². The third kappa shape index (κ3) is 73.0. The van der Waals surface area contributed by atoms with Crippen molar-refractivity contribution in [3.63, 3.8) is 0 Å². The maximum absolute atomic E-state index is 13.1. The Kier molecular flexibility index (Phi) is 69.9. The molecule has 0 bridgehead atoms. The van der Waals surface area contributed by atoms with Crippen LogP contribution >= 0.6 is 15.6 Å². The lowest BCUT2D eigenvalue weighted by atomic mass is 9.99. The van der Waals surface area contributed by atoms with E-state index in [4.69, 9.17) is 37.0 Å². The summed E-state index contributed by atoms with van der Waals surface area (Å²) in [5, 5.41) is 10.6. The molecule has 0 fully saturated rings. The predicted octanol–water partition coefficient (Wildman–Crippen LogP) is 24.1. The van der Waals surface area contributed by atoms with Gasteiger partial charge in [-0.2, -0.15) is 0 Å². The highest BCUT2D eigenvalue weighted by atomic mass is 31.2. The van der Waals surface area contributed by atoms with E-state index >= 15 is 0 Å². The summed E-state index contributed by atoms with van der Waals surface area (Å²) in [7, 11) is -9.92. The highest BCUT2D eigenvalue weighted by molar-refractivity contribution is 7.47. The van der Waals surface area contributed by atoms with Gasteiger partial charge < -0.3 is 33.8 Å². The minimum atomic E-state index is -4.96. The molecule has 0 aliphatic heterocycles. The lowest BCUT2D eigenvalue weighted by Crippen LogP contribution is -2.30. The number of hydrogen-bond donors (Lipinski definition) is 3. The van der Waals surface area contributed by atoms with Gasteiger partial charge in [0.1, 0.15) is 19.3 Å². The third-order valence-corrected chi connectivity index (χ3v) is 21.1. The molecule has 0 aromatic carbocycles. The predicted molar refractivity (Wildman–Crippen MR) is 409 cm³/mol. The van der Waals surface area contributed by atoms with E-state index in [1.807, 2.05) is 0 Å². The van der Waals surface area contributed by atoms with Crippen molar-refractivity contribution < 1.29 is 80.2 Å². The number of phosphoric ester groups is 2. The molecule has 0 aromatic heterocycles. The molecule has 0 saturated heterocycles. The number of aliphatic hydroxyl groups is 1. The second-order valence-electron chi connectivity index (χ2n) is 30.4. The number of aliphatic hydroxyl groups excluding tert-OH is 1. The Morgan fingerprint density at radius 2 is 0.510 bits per heavy atom.